The van der Waals surface area contributed by atoms with Crippen molar-refractivity contribution in [2.45, 2.75) is 13.5 Å². The summed E-state index contributed by atoms with van der Waals surface area (Å²) in [5.74, 6) is -0.269. The van der Waals surface area contributed by atoms with E-state index in [-0.39, 0.29) is 11.6 Å². The monoisotopic (exact) mass is 274 g/mol. The van der Waals surface area contributed by atoms with Crippen LogP contribution in [0.15, 0.2) is 30.6 Å². The van der Waals surface area contributed by atoms with Gasteiger partial charge >= 0.3 is 0 Å². The van der Waals surface area contributed by atoms with Gasteiger partial charge in [-0.1, -0.05) is 6.07 Å². The smallest absolute Gasteiger partial charge is 0.273 e. The van der Waals surface area contributed by atoms with Crippen LogP contribution in [-0.4, -0.2) is 33.0 Å². The lowest BCUT2D eigenvalue weighted by Crippen LogP contribution is -2.26. The minimum absolute atomic E-state index is 0.0486. The summed E-state index contributed by atoms with van der Waals surface area (Å²) in [5.41, 5.74) is 1.65. The predicted molar refractivity (Wildman–Crippen MR) is 72.2 cm³/mol. The van der Waals surface area contributed by atoms with E-state index in [2.05, 4.69) is 10.2 Å². The number of nitro benzene ring substituents is 1. The van der Waals surface area contributed by atoms with Gasteiger partial charge in [-0.3, -0.25) is 20.0 Å². The van der Waals surface area contributed by atoms with Crippen LogP contribution in [0.4, 0.5) is 5.69 Å². The topological polar surface area (TPSA) is 92.1 Å². The van der Waals surface area contributed by atoms with Crippen molar-refractivity contribution >= 4 is 11.6 Å². The van der Waals surface area contributed by atoms with Gasteiger partial charge in [-0.05, 0) is 13.0 Å². The van der Waals surface area contributed by atoms with Crippen LogP contribution in [0.25, 0.3) is 0 Å². The molecule has 0 saturated heterocycles. The van der Waals surface area contributed by atoms with E-state index in [1.54, 1.807) is 38.5 Å². The molecule has 1 N–H and O–H groups in total. The van der Waals surface area contributed by atoms with Gasteiger partial charge in [0.1, 0.15) is 0 Å². The number of carbonyl (C=O) groups is 1. The maximum Gasteiger partial charge on any atom is 0.273 e. The average molecular weight is 274 g/mol. The van der Waals surface area contributed by atoms with E-state index in [0.29, 0.717) is 17.7 Å². The van der Waals surface area contributed by atoms with Crippen LogP contribution in [0.5, 0.6) is 0 Å². The van der Waals surface area contributed by atoms with E-state index in [4.69, 9.17) is 0 Å². The van der Waals surface area contributed by atoms with Gasteiger partial charge in [-0.25, -0.2) is 0 Å². The first-order valence-corrected chi connectivity index (χ1v) is 5.97. The zero-order chi connectivity index (χ0) is 14.7. The van der Waals surface area contributed by atoms with E-state index < -0.39 is 4.92 Å². The minimum Gasteiger partial charge on any atom is -0.337 e. The van der Waals surface area contributed by atoms with Crippen LogP contribution in [0.3, 0.4) is 0 Å². The molecule has 7 nitrogen and oxygen atoms in total. The van der Waals surface area contributed by atoms with Gasteiger partial charge in [0, 0.05) is 42.5 Å². The fourth-order valence-corrected chi connectivity index (χ4v) is 1.87. The zero-order valence-corrected chi connectivity index (χ0v) is 11.2. The number of carbonyl (C=O) groups excluding carboxylic acids is 1. The lowest BCUT2D eigenvalue weighted by Gasteiger charge is -2.16. The second kappa shape index (κ2) is 5.52. The molecule has 0 aliphatic heterocycles. The lowest BCUT2D eigenvalue weighted by atomic mass is 10.1. The molecule has 0 aliphatic rings. The van der Waals surface area contributed by atoms with Crippen LogP contribution in [0.1, 0.15) is 21.5 Å². The van der Waals surface area contributed by atoms with Crippen molar-refractivity contribution in [3.05, 3.63) is 57.4 Å². The molecule has 0 atom stereocenters. The Bertz CT molecular complexity index is 637. The Hall–Kier alpha value is -2.70. The number of nitro groups is 1. The zero-order valence-electron chi connectivity index (χ0n) is 11.2. The number of benzene rings is 1. The van der Waals surface area contributed by atoms with E-state index in [0.717, 1.165) is 5.56 Å². The van der Waals surface area contributed by atoms with Crippen molar-refractivity contribution < 1.29 is 9.72 Å². The average Bonchev–Trinajstić information content (AvgIpc) is 2.91. The SMILES string of the molecule is Cc1ccc(C(=O)N(C)Cc2cn[nH]c2)cc1[N+](=O)[O-]. The number of rotatable bonds is 4. The largest absolute Gasteiger partial charge is 0.337 e. The second-order valence-electron chi connectivity index (χ2n) is 4.53. The summed E-state index contributed by atoms with van der Waals surface area (Å²) in [5, 5.41) is 17.4. The van der Waals surface area contributed by atoms with Crippen molar-refractivity contribution in [1.29, 1.82) is 0 Å². The number of H-pyrrole nitrogens is 1. The van der Waals surface area contributed by atoms with Gasteiger partial charge in [0.2, 0.25) is 0 Å². The first-order valence-electron chi connectivity index (χ1n) is 5.97. The molecule has 0 spiro atoms. The lowest BCUT2D eigenvalue weighted by molar-refractivity contribution is -0.385. The Morgan fingerprint density at radius 1 is 1.50 bits per heavy atom. The molecule has 0 radical (unpaired) electrons. The molecular weight excluding hydrogens is 260 g/mol. The molecule has 0 unspecified atom stereocenters. The van der Waals surface area contributed by atoms with Crippen molar-refractivity contribution in [3.63, 3.8) is 0 Å². The van der Waals surface area contributed by atoms with E-state index in [9.17, 15) is 14.9 Å². The molecular formula is C13H14N4O3. The predicted octanol–water partition coefficient (Wildman–Crippen LogP) is 1.90. The van der Waals surface area contributed by atoms with Gasteiger partial charge in [0.05, 0.1) is 11.1 Å². The Balaban J connectivity index is 2.20. The molecule has 1 aromatic heterocycles. The fourth-order valence-electron chi connectivity index (χ4n) is 1.87. The van der Waals surface area contributed by atoms with Crippen LogP contribution in [0, 0.1) is 17.0 Å². The van der Waals surface area contributed by atoms with Crippen molar-refractivity contribution in [2.75, 3.05) is 7.05 Å². The third kappa shape index (κ3) is 2.82. The third-order valence-corrected chi connectivity index (χ3v) is 2.97. The van der Waals surface area contributed by atoms with Gasteiger partial charge < -0.3 is 4.90 Å². The highest BCUT2D eigenvalue weighted by Gasteiger charge is 2.17. The van der Waals surface area contributed by atoms with Crippen molar-refractivity contribution in [1.82, 2.24) is 15.1 Å². The summed E-state index contributed by atoms with van der Waals surface area (Å²) < 4.78 is 0. The van der Waals surface area contributed by atoms with Gasteiger partial charge in [-0.2, -0.15) is 5.10 Å². The number of hydrogen-bond donors (Lipinski definition) is 1. The summed E-state index contributed by atoms with van der Waals surface area (Å²) in [6.07, 6.45) is 3.32. The van der Waals surface area contributed by atoms with Gasteiger partial charge in [-0.15, -0.1) is 0 Å². The van der Waals surface area contributed by atoms with E-state index in [1.165, 1.54) is 11.0 Å². The summed E-state index contributed by atoms with van der Waals surface area (Å²) in [4.78, 5) is 24.1. The normalized spacial score (nSPS) is 10.3. The Labute approximate surface area is 115 Å². The number of aromatic nitrogens is 2. The molecule has 2 rings (SSSR count). The van der Waals surface area contributed by atoms with Crippen LogP contribution < -0.4 is 0 Å². The Morgan fingerprint density at radius 3 is 2.85 bits per heavy atom. The number of nitrogens with zero attached hydrogens (tertiary/aromatic N) is 3. The number of nitrogens with one attached hydrogen (secondary N) is 1. The maximum atomic E-state index is 12.2. The summed E-state index contributed by atoms with van der Waals surface area (Å²) >= 11 is 0. The van der Waals surface area contributed by atoms with E-state index >= 15 is 0 Å². The summed E-state index contributed by atoms with van der Waals surface area (Å²) in [7, 11) is 1.64. The highest BCUT2D eigenvalue weighted by atomic mass is 16.6. The van der Waals surface area contributed by atoms with Crippen LogP contribution >= 0.6 is 0 Å². The third-order valence-electron chi connectivity index (χ3n) is 2.97. The first kappa shape index (κ1) is 13.7. The summed E-state index contributed by atoms with van der Waals surface area (Å²) in [6.45, 7) is 2.03. The van der Waals surface area contributed by atoms with Crippen LogP contribution in [0.2, 0.25) is 0 Å². The molecule has 1 amide bonds. The Morgan fingerprint density at radius 2 is 2.25 bits per heavy atom. The minimum atomic E-state index is -0.484. The fraction of sp³-hybridized carbons (Fsp3) is 0.231. The summed E-state index contributed by atoms with van der Waals surface area (Å²) in [6, 6.07) is 4.48. The molecule has 0 bridgehead atoms. The Kier molecular flexibility index (Phi) is 3.79. The van der Waals surface area contributed by atoms with E-state index in [1.807, 2.05) is 0 Å². The maximum absolute atomic E-state index is 12.2. The quantitative estimate of drug-likeness (QED) is 0.680. The number of amides is 1. The first-order chi connectivity index (χ1) is 9.49. The van der Waals surface area contributed by atoms with Gasteiger partial charge in [0.25, 0.3) is 11.6 Å². The standard InChI is InChI=1S/C13H14N4O3/c1-9-3-4-11(5-12(9)17(19)20)13(18)16(2)8-10-6-14-15-7-10/h3-7H,8H2,1-2H3,(H,14,15). The molecule has 1 aromatic carbocycles. The molecule has 1 heterocycles. The molecule has 20 heavy (non-hydrogen) atoms. The number of aryl methyl sites for hydroxylation is 1. The molecule has 104 valence electrons. The molecule has 0 saturated carbocycles. The number of hydrogen-bond acceptors (Lipinski definition) is 4. The van der Waals surface area contributed by atoms with Crippen LogP contribution in [-0.2, 0) is 6.54 Å². The molecule has 0 aliphatic carbocycles. The van der Waals surface area contributed by atoms with Crippen molar-refractivity contribution in [2.24, 2.45) is 0 Å². The number of aromatic amines is 1. The molecule has 7 heteroatoms. The molecule has 2 aromatic rings. The second-order valence-corrected chi connectivity index (χ2v) is 4.53. The molecule has 0 fully saturated rings. The van der Waals surface area contributed by atoms with Gasteiger partial charge in [0.15, 0.2) is 0 Å². The van der Waals surface area contributed by atoms with Crippen molar-refractivity contribution in [3.8, 4) is 0 Å². The highest BCUT2D eigenvalue weighted by molar-refractivity contribution is 5.94. The highest BCUT2D eigenvalue weighted by Crippen LogP contribution is 2.20.